The van der Waals surface area contributed by atoms with Crippen LogP contribution in [0, 0.1) is 28.1 Å². The summed E-state index contributed by atoms with van der Waals surface area (Å²) in [6.45, 7) is 4.08. The first kappa shape index (κ1) is 27.1. The highest BCUT2D eigenvalue weighted by molar-refractivity contribution is 8.01. The highest BCUT2D eigenvalue weighted by atomic mass is 32.2. The van der Waals surface area contributed by atoms with Gasteiger partial charge in [0.25, 0.3) is 0 Å². The molecule has 40 heavy (non-hydrogen) atoms. The molecule has 1 amide bonds. The van der Waals surface area contributed by atoms with Crippen molar-refractivity contribution in [3.8, 4) is 12.1 Å². The Morgan fingerprint density at radius 1 is 1.12 bits per heavy atom. The van der Waals surface area contributed by atoms with Crippen molar-refractivity contribution in [2.24, 2.45) is 11.1 Å². The van der Waals surface area contributed by atoms with E-state index in [1.165, 1.54) is 23.1 Å². The molecule has 3 aromatic rings. The topological polar surface area (TPSA) is 149 Å². The molecule has 1 atom stereocenters. The van der Waals surface area contributed by atoms with Crippen molar-refractivity contribution in [1.82, 2.24) is 10.2 Å². The number of thioether (sulfide) groups is 1. The van der Waals surface area contributed by atoms with Crippen LogP contribution < -0.4 is 16.0 Å². The zero-order valence-electron chi connectivity index (χ0n) is 21.8. The van der Waals surface area contributed by atoms with E-state index in [0.29, 0.717) is 44.7 Å². The van der Waals surface area contributed by atoms with Gasteiger partial charge in [-0.2, -0.15) is 10.5 Å². The lowest BCUT2D eigenvalue weighted by Gasteiger charge is -2.42. The molecule has 200 valence electrons. The Kier molecular flexibility index (Phi) is 7.44. The largest absolute Gasteiger partial charge is 0.384 e. The fourth-order valence-electron chi connectivity index (χ4n) is 5.01. The second-order valence-corrected chi connectivity index (χ2v) is 12.4. The predicted octanol–water partition coefficient (Wildman–Crippen LogP) is 5.08. The van der Waals surface area contributed by atoms with E-state index in [1.54, 1.807) is 29.2 Å². The second kappa shape index (κ2) is 11.0. The number of carbonyl (C=O) groups is 2. The third-order valence-electron chi connectivity index (χ3n) is 6.73. The van der Waals surface area contributed by atoms with Crippen LogP contribution in [0.3, 0.4) is 0 Å². The smallest absolute Gasteiger partial charge is 0.234 e. The molecule has 2 aromatic carbocycles. The second-order valence-electron chi connectivity index (χ2n) is 10.3. The number of aromatic nitrogens is 2. The van der Waals surface area contributed by atoms with Crippen LogP contribution in [0.25, 0.3) is 0 Å². The average molecular weight is 568 g/mol. The maximum absolute atomic E-state index is 13.6. The Labute approximate surface area is 240 Å². The lowest BCUT2D eigenvalue weighted by molar-refractivity contribution is -0.118. The first-order chi connectivity index (χ1) is 19.2. The summed E-state index contributed by atoms with van der Waals surface area (Å²) in [5.41, 5.74) is 9.90. The number of nitrogens with zero attached hydrogens (tertiary/aromatic N) is 5. The summed E-state index contributed by atoms with van der Waals surface area (Å²) in [7, 11) is 0. The van der Waals surface area contributed by atoms with Crippen molar-refractivity contribution in [1.29, 1.82) is 10.5 Å². The van der Waals surface area contributed by atoms with Gasteiger partial charge < -0.3 is 11.1 Å². The molecule has 0 spiro atoms. The number of amides is 1. The number of carbonyl (C=O) groups excluding carboxylic acids is 2. The first-order valence-corrected chi connectivity index (χ1v) is 14.3. The number of allylic oxidation sites excluding steroid dienone is 3. The molecule has 0 saturated heterocycles. The Bertz CT molecular complexity index is 1630. The molecule has 1 aliphatic carbocycles. The van der Waals surface area contributed by atoms with Gasteiger partial charge in [-0.1, -0.05) is 67.3 Å². The van der Waals surface area contributed by atoms with Crippen molar-refractivity contribution >= 4 is 45.6 Å². The Balaban J connectivity index is 1.43. The summed E-state index contributed by atoms with van der Waals surface area (Å²) in [5, 5.41) is 30.9. The minimum Gasteiger partial charge on any atom is -0.384 e. The van der Waals surface area contributed by atoms with Gasteiger partial charge in [-0.05, 0) is 41.7 Å². The number of nitriles is 2. The van der Waals surface area contributed by atoms with E-state index in [2.05, 4.69) is 21.6 Å². The number of hydrogen-bond donors (Lipinski definition) is 2. The summed E-state index contributed by atoms with van der Waals surface area (Å²) in [6.07, 6.45) is 0.944. The van der Waals surface area contributed by atoms with Gasteiger partial charge >= 0.3 is 0 Å². The molecular weight excluding hydrogens is 543 g/mol. The molecule has 1 aromatic heterocycles. The molecule has 2 heterocycles. The normalized spacial score (nSPS) is 18.1. The SMILES string of the molecule is CC1(C)CC(=O)C2=C(C1)N(c1nnc(SCC(=O)Nc3ccc(C#N)cc3)s1)C(N)=C(C#N)C2c1ccccc1. The van der Waals surface area contributed by atoms with Crippen LogP contribution in [0.2, 0.25) is 0 Å². The summed E-state index contributed by atoms with van der Waals surface area (Å²) >= 11 is 2.47. The van der Waals surface area contributed by atoms with Crippen molar-refractivity contribution in [2.45, 2.75) is 36.9 Å². The summed E-state index contributed by atoms with van der Waals surface area (Å²) < 4.78 is 0.546. The fourth-order valence-corrected chi connectivity index (χ4v) is 6.69. The number of nitrogens with two attached hydrogens (primary N) is 1. The number of nitrogens with one attached hydrogen (secondary N) is 1. The van der Waals surface area contributed by atoms with Crippen LogP contribution in [0.5, 0.6) is 0 Å². The van der Waals surface area contributed by atoms with Gasteiger partial charge in [0.05, 0.1) is 34.9 Å². The van der Waals surface area contributed by atoms with Crippen LogP contribution in [-0.2, 0) is 9.59 Å². The lowest BCUT2D eigenvalue weighted by atomic mass is 9.69. The number of benzene rings is 2. The van der Waals surface area contributed by atoms with Crippen molar-refractivity contribution < 1.29 is 9.59 Å². The van der Waals surface area contributed by atoms with Crippen LogP contribution in [-0.4, -0.2) is 27.6 Å². The molecule has 0 fully saturated rings. The van der Waals surface area contributed by atoms with Gasteiger partial charge in [0.2, 0.25) is 11.0 Å². The summed E-state index contributed by atoms with van der Waals surface area (Å²) in [5.74, 6) is -0.464. The maximum Gasteiger partial charge on any atom is 0.234 e. The number of rotatable bonds is 6. The number of ketones is 1. The van der Waals surface area contributed by atoms with E-state index in [0.717, 1.165) is 11.3 Å². The monoisotopic (exact) mass is 567 g/mol. The molecule has 9 nitrogen and oxygen atoms in total. The third kappa shape index (κ3) is 5.34. The molecule has 1 unspecified atom stereocenters. The molecule has 0 bridgehead atoms. The first-order valence-electron chi connectivity index (χ1n) is 12.5. The number of anilines is 2. The molecule has 1 aliphatic heterocycles. The van der Waals surface area contributed by atoms with E-state index in [1.807, 2.05) is 50.2 Å². The standard InChI is InChI=1S/C29H25N7O2S2/c1-29(2)12-21-25(22(37)13-29)24(18-6-4-3-5-7-18)20(15-31)26(32)36(21)27-34-35-28(40-27)39-16-23(38)33-19-10-8-17(14-30)9-11-19/h3-11,24H,12-13,16,32H2,1-2H3,(H,33,38). The highest BCUT2D eigenvalue weighted by Crippen LogP contribution is 2.50. The van der Waals surface area contributed by atoms with Crippen LogP contribution in [0.1, 0.15) is 43.7 Å². The molecule has 0 radical (unpaired) electrons. The Morgan fingerprint density at radius 3 is 2.52 bits per heavy atom. The van der Waals surface area contributed by atoms with E-state index in [9.17, 15) is 14.9 Å². The van der Waals surface area contributed by atoms with Crippen LogP contribution in [0.4, 0.5) is 10.8 Å². The molecule has 2 aliphatic rings. The molecule has 5 rings (SSSR count). The molecule has 11 heteroatoms. The summed E-state index contributed by atoms with van der Waals surface area (Å²) in [4.78, 5) is 27.8. The predicted molar refractivity (Wildman–Crippen MR) is 154 cm³/mol. The van der Waals surface area contributed by atoms with Crippen LogP contribution >= 0.6 is 23.1 Å². The average Bonchev–Trinajstić information content (AvgIpc) is 3.40. The molecule has 3 N–H and O–H groups in total. The van der Waals surface area contributed by atoms with Gasteiger partial charge in [0.15, 0.2) is 10.1 Å². The number of hydrogen-bond acceptors (Lipinski definition) is 10. The van der Waals surface area contributed by atoms with E-state index < -0.39 is 5.92 Å². The van der Waals surface area contributed by atoms with Gasteiger partial charge in [0, 0.05) is 23.4 Å². The van der Waals surface area contributed by atoms with Crippen molar-refractivity contribution in [3.63, 3.8) is 0 Å². The van der Waals surface area contributed by atoms with E-state index in [-0.39, 0.29) is 28.7 Å². The highest BCUT2D eigenvalue weighted by Gasteiger charge is 2.45. The minimum absolute atomic E-state index is 0.0102. The van der Waals surface area contributed by atoms with Crippen molar-refractivity contribution in [2.75, 3.05) is 16.0 Å². The Morgan fingerprint density at radius 2 is 1.85 bits per heavy atom. The zero-order chi connectivity index (χ0) is 28.4. The number of Topliss-reactive ketones (excluding diaryl/α,β-unsaturated/α-hetero) is 1. The van der Waals surface area contributed by atoms with Gasteiger partial charge in [-0.15, -0.1) is 10.2 Å². The molecule has 0 saturated carbocycles. The van der Waals surface area contributed by atoms with Gasteiger partial charge in [0.1, 0.15) is 5.82 Å². The van der Waals surface area contributed by atoms with Crippen molar-refractivity contribution in [3.05, 3.63) is 88.4 Å². The van der Waals surface area contributed by atoms with E-state index in [4.69, 9.17) is 11.0 Å². The lowest BCUT2D eigenvalue weighted by Crippen LogP contribution is -2.42. The van der Waals surface area contributed by atoms with E-state index >= 15 is 0 Å². The summed E-state index contributed by atoms with van der Waals surface area (Å²) in [6, 6.07) is 20.4. The Hall–Kier alpha value is -4.45. The van der Waals surface area contributed by atoms with Gasteiger partial charge in [-0.3, -0.25) is 14.5 Å². The van der Waals surface area contributed by atoms with Crippen LogP contribution in [0.15, 0.2) is 81.6 Å². The maximum atomic E-state index is 13.6. The fraction of sp³-hybridized carbons (Fsp3) is 0.241. The minimum atomic E-state index is -0.547. The quantitative estimate of drug-likeness (QED) is 0.389. The third-order valence-corrected chi connectivity index (χ3v) is 8.77. The zero-order valence-corrected chi connectivity index (χ0v) is 23.5. The van der Waals surface area contributed by atoms with Gasteiger partial charge in [-0.25, -0.2) is 0 Å². The molecular formula is C29H25N7O2S2.